The molecule has 0 spiro atoms. The van der Waals surface area contributed by atoms with Crippen LogP contribution in [0.25, 0.3) is 0 Å². The predicted octanol–water partition coefficient (Wildman–Crippen LogP) is 2.16. The maximum absolute atomic E-state index is 10.9. The molecule has 118 valence electrons. The second-order valence-electron chi connectivity index (χ2n) is 5.88. The molecule has 1 amide bonds. The Kier molecular flexibility index (Phi) is 6.04. The van der Waals surface area contributed by atoms with E-state index < -0.39 is 0 Å². The van der Waals surface area contributed by atoms with E-state index in [0.717, 1.165) is 30.2 Å². The van der Waals surface area contributed by atoms with Crippen molar-refractivity contribution in [2.75, 3.05) is 14.1 Å². The van der Waals surface area contributed by atoms with Crippen LogP contribution in [0.1, 0.15) is 25.0 Å². The maximum Gasteiger partial charge on any atom is 0.209 e. The number of benzene rings is 1. The van der Waals surface area contributed by atoms with Crippen molar-refractivity contribution in [3.8, 4) is 0 Å². The zero-order valence-corrected chi connectivity index (χ0v) is 13.4. The molecule has 1 aromatic rings. The van der Waals surface area contributed by atoms with Gasteiger partial charge >= 0.3 is 0 Å². The van der Waals surface area contributed by atoms with E-state index in [1.54, 1.807) is 14.1 Å². The summed E-state index contributed by atoms with van der Waals surface area (Å²) >= 11 is 0. The fraction of sp³-hybridized carbons (Fsp3) is 0.353. The second-order valence-corrected chi connectivity index (χ2v) is 5.88. The van der Waals surface area contributed by atoms with Crippen LogP contribution in [0.5, 0.6) is 0 Å². The average Bonchev–Trinajstić information content (AvgIpc) is 2.48. The van der Waals surface area contributed by atoms with Gasteiger partial charge in [0, 0.05) is 19.7 Å². The van der Waals surface area contributed by atoms with Gasteiger partial charge in [-0.3, -0.25) is 14.6 Å². The number of aliphatic hydroxyl groups is 1. The summed E-state index contributed by atoms with van der Waals surface area (Å²) < 4.78 is 0. The molecule has 0 saturated carbocycles. The summed E-state index contributed by atoms with van der Waals surface area (Å²) in [6, 6.07) is 7.84. The first kappa shape index (κ1) is 17.6. The Morgan fingerprint density at radius 2 is 1.86 bits per heavy atom. The molecule has 0 unspecified atom stereocenters. The zero-order chi connectivity index (χ0) is 16.8. The Morgan fingerprint density at radius 1 is 1.27 bits per heavy atom. The lowest BCUT2D eigenvalue weighted by Crippen LogP contribution is -2.30. The van der Waals surface area contributed by atoms with Crippen LogP contribution in [0.2, 0.25) is 0 Å². The summed E-state index contributed by atoms with van der Waals surface area (Å²) in [6.07, 6.45) is 3.05. The second kappa shape index (κ2) is 7.54. The van der Waals surface area contributed by atoms with Crippen LogP contribution in [-0.4, -0.2) is 48.0 Å². The van der Waals surface area contributed by atoms with Gasteiger partial charge in [0.1, 0.15) is 0 Å². The molecule has 0 fully saturated rings. The highest BCUT2D eigenvalue weighted by molar-refractivity contribution is 6.24. The van der Waals surface area contributed by atoms with Crippen molar-refractivity contribution in [1.29, 1.82) is 0 Å². The van der Waals surface area contributed by atoms with E-state index in [9.17, 15) is 9.59 Å². The molecule has 1 heterocycles. The van der Waals surface area contributed by atoms with Crippen molar-refractivity contribution in [2.24, 2.45) is 4.99 Å². The van der Waals surface area contributed by atoms with Gasteiger partial charge in [0.2, 0.25) is 6.41 Å². The van der Waals surface area contributed by atoms with E-state index in [0.29, 0.717) is 12.0 Å². The molecule has 0 aromatic heterocycles. The highest BCUT2D eigenvalue weighted by Gasteiger charge is 2.27. The minimum atomic E-state index is -0.249. The van der Waals surface area contributed by atoms with Crippen LogP contribution in [0, 0.1) is 0 Å². The minimum absolute atomic E-state index is 0.227. The van der Waals surface area contributed by atoms with Crippen LogP contribution in [-0.2, 0) is 16.0 Å². The van der Waals surface area contributed by atoms with Crippen molar-refractivity contribution in [1.82, 2.24) is 4.90 Å². The van der Waals surface area contributed by atoms with Gasteiger partial charge in [-0.2, -0.15) is 0 Å². The van der Waals surface area contributed by atoms with E-state index in [-0.39, 0.29) is 11.1 Å². The number of hydrogen-bond acceptors (Lipinski definition) is 4. The van der Waals surface area contributed by atoms with Crippen LogP contribution in [0.4, 0.5) is 0 Å². The zero-order valence-electron chi connectivity index (χ0n) is 13.4. The topological polar surface area (TPSA) is 70.0 Å². The van der Waals surface area contributed by atoms with Crippen LogP contribution in [0.3, 0.4) is 0 Å². The molecule has 0 bridgehead atoms. The summed E-state index contributed by atoms with van der Waals surface area (Å²) in [5.74, 6) is 0. The third-order valence-corrected chi connectivity index (χ3v) is 3.06. The molecule has 1 aliphatic rings. The van der Waals surface area contributed by atoms with Gasteiger partial charge < -0.3 is 10.0 Å². The molecule has 1 N–H and O–H groups in total. The Hall–Kier alpha value is -2.43. The maximum atomic E-state index is 10.9. The van der Waals surface area contributed by atoms with E-state index in [4.69, 9.17) is 5.11 Å². The molecule has 0 atom stereocenters. The van der Waals surface area contributed by atoms with Crippen molar-refractivity contribution < 1.29 is 14.7 Å². The Balaban J connectivity index is 0.000000422. The number of carbonyl (C=O) groups is 2. The van der Waals surface area contributed by atoms with Crippen molar-refractivity contribution in [3.05, 3.63) is 47.2 Å². The van der Waals surface area contributed by atoms with Crippen LogP contribution < -0.4 is 0 Å². The molecule has 0 aliphatic carbocycles. The number of aliphatic imine (C=N–C) groups is 1. The van der Waals surface area contributed by atoms with Gasteiger partial charge in [0.05, 0.1) is 23.1 Å². The average molecular weight is 302 g/mol. The first-order valence-corrected chi connectivity index (χ1v) is 6.94. The number of fused-ring (bicyclic) bond motifs is 1. The summed E-state index contributed by atoms with van der Waals surface area (Å²) in [4.78, 5) is 26.4. The first-order chi connectivity index (χ1) is 10.3. The number of aliphatic hydroxyl groups excluding tert-OH is 1. The molecule has 5 heteroatoms. The number of amides is 1. The molecule has 0 saturated heterocycles. The number of hydrogen-bond donors (Lipinski definition) is 1. The molecule has 0 radical (unpaired) electrons. The van der Waals surface area contributed by atoms with Gasteiger partial charge in [-0.1, -0.05) is 24.3 Å². The number of carbonyl (C=O) groups excluding carboxylic acids is 2. The van der Waals surface area contributed by atoms with Gasteiger partial charge in [-0.25, -0.2) is 0 Å². The molecule has 2 rings (SSSR count). The lowest BCUT2D eigenvalue weighted by atomic mass is 9.85. The Morgan fingerprint density at radius 3 is 2.36 bits per heavy atom. The molecular weight excluding hydrogens is 280 g/mol. The Labute approximate surface area is 131 Å². The molecule has 5 nitrogen and oxygen atoms in total. The van der Waals surface area contributed by atoms with Gasteiger partial charge in [0.15, 0.2) is 6.29 Å². The normalized spacial score (nSPS) is 15.6. The largest absolute Gasteiger partial charge is 0.515 e. The highest BCUT2D eigenvalue weighted by Crippen LogP contribution is 2.28. The monoisotopic (exact) mass is 302 g/mol. The third kappa shape index (κ3) is 4.55. The third-order valence-electron chi connectivity index (χ3n) is 3.06. The summed E-state index contributed by atoms with van der Waals surface area (Å²) in [6.45, 7) is 4.03. The molecule has 1 aliphatic heterocycles. The number of allylic oxidation sites excluding steroid dienone is 1. The molecule has 22 heavy (non-hydrogen) atoms. The van der Waals surface area contributed by atoms with Crippen molar-refractivity contribution >= 4 is 18.4 Å². The van der Waals surface area contributed by atoms with Gasteiger partial charge in [-0.05, 0) is 25.8 Å². The van der Waals surface area contributed by atoms with Gasteiger partial charge in [-0.15, -0.1) is 0 Å². The van der Waals surface area contributed by atoms with Crippen molar-refractivity contribution in [3.63, 3.8) is 0 Å². The van der Waals surface area contributed by atoms with Crippen LogP contribution in [0.15, 0.2) is 41.1 Å². The number of nitrogens with zero attached hydrogens (tertiary/aromatic N) is 2. The van der Waals surface area contributed by atoms with Crippen LogP contribution >= 0.6 is 0 Å². The van der Waals surface area contributed by atoms with E-state index in [2.05, 4.69) is 4.99 Å². The summed E-state index contributed by atoms with van der Waals surface area (Å²) in [5, 5.41) is 9.10. The standard InChI is InChI=1S/C14H15NO2.C3H7NO/c1-14(2)7-10-5-3-4-6-12(10)13(15-14)11(8-16)9-17;1-4(2)3-5/h3-6,8-9,16H,7H2,1-2H3;3H,1-2H3. The molecule has 1 aromatic carbocycles. The minimum Gasteiger partial charge on any atom is -0.515 e. The lowest BCUT2D eigenvalue weighted by Gasteiger charge is -2.28. The Bertz CT molecular complexity index is 602. The van der Waals surface area contributed by atoms with E-state index in [1.807, 2.05) is 38.1 Å². The number of rotatable bonds is 3. The fourth-order valence-corrected chi connectivity index (χ4v) is 2.14. The summed E-state index contributed by atoms with van der Waals surface area (Å²) in [5.41, 5.74) is 2.64. The quantitative estimate of drug-likeness (QED) is 0.528. The SMILES string of the molecule is CC1(C)Cc2ccccc2C(C(C=O)=CO)=N1.CN(C)C=O. The van der Waals surface area contributed by atoms with Crippen molar-refractivity contribution in [2.45, 2.75) is 25.8 Å². The predicted molar refractivity (Wildman–Crippen MR) is 87.3 cm³/mol. The smallest absolute Gasteiger partial charge is 0.209 e. The van der Waals surface area contributed by atoms with E-state index in [1.165, 1.54) is 4.90 Å². The summed E-state index contributed by atoms with van der Waals surface area (Å²) in [7, 11) is 3.38. The molecular formula is C17H22N2O3. The van der Waals surface area contributed by atoms with Gasteiger partial charge in [0.25, 0.3) is 0 Å². The first-order valence-electron chi connectivity index (χ1n) is 6.94. The lowest BCUT2D eigenvalue weighted by molar-refractivity contribution is -0.115. The highest BCUT2D eigenvalue weighted by atomic mass is 16.2. The fourth-order valence-electron chi connectivity index (χ4n) is 2.14. The van der Waals surface area contributed by atoms with E-state index >= 15 is 0 Å². The number of aldehydes is 1.